The number of carbonyl (C=O) groups excluding carboxylic acids is 2. The highest BCUT2D eigenvalue weighted by atomic mass is 16.6. The maximum absolute atomic E-state index is 11.6. The lowest BCUT2D eigenvalue weighted by Gasteiger charge is -2.32. The van der Waals surface area contributed by atoms with Crippen molar-refractivity contribution in [1.29, 1.82) is 0 Å². The molecule has 0 unspecified atom stereocenters. The van der Waals surface area contributed by atoms with Gasteiger partial charge in [-0.25, -0.2) is 4.79 Å². The molecule has 1 rings (SSSR count). The molecule has 110 valence electrons. The summed E-state index contributed by atoms with van der Waals surface area (Å²) in [6.07, 6.45) is 3.91. The Morgan fingerprint density at radius 3 is 2.42 bits per heavy atom. The highest BCUT2D eigenvalue weighted by Crippen LogP contribution is 2.24. The van der Waals surface area contributed by atoms with Crippen LogP contribution in [0.4, 0.5) is 4.79 Å². The van der Waals surface area contributed by atoms with Crippen LogP contribution in [0, 0.1) is 5.92 Å². The minimum atomic E-state index is -0.478. The van der Waals surface area contributed by atoms with Crippen LogP contribution in [0.25, 0.3) is 0 Å². The zero-order chi connectivity index (χ0) is 14.5. The van der Waals surface area contributed by atoms with Crippen LogP contribution in [0.3, 0.4) is 0 Å². The average molecular weight is 270 g/mol. The van der Waals surface area contributed by atoms with E-state index in [0.717, 1.165) is 25.7 Å². The predicted octanol–water partition coefficient (Wildman–Crippen LogP) is 2.21. The summed E-state index contributed by atoms with van der Waals surface area (Å²) in [4.78, 5) is 22.8. The monoisotopic (exact) mass is 270 g/mol. The molecule has 0 aromatic rings. The first-order chi connectivity index (χ1) is 8.78. The molecule has 2 N–H and O–H groups in total. The Balaban J connectivity index is 2.40. The number of hydrogen-bond acceptors (Lipinski definition) is 3. The van der Waals surface area contributed by atoms with Gasteiger partial charge in [-0.2, -0.15) is 0 Å². The summed E-state index contributed by atoms with van der Waals surface area (Å²) in [7, 11) is 0. The van der Waals surface area contributed by atoms with Gasteiger partial charge in [0.05, 0.1) is 0 Å². The number of carbonyl (C=O) groups is 2. The van der Waals surface area contributed by atoms with Crippen LogP contribution in [0.15, 0.2) is 0 Å². The van der Waals surface area contributed by atoms with Gasteiger partial charge in [-0.05, 0) is 39.5 Å². The van der Waals surface area contributed by atoms with E-state index in [1.807, 2.05) is 20.8 Å². The van der Waals surface area contributed by atoms with Crippen LogP contribution in [0.2, 0.25) is 0 Å². The van der Waals surface area contributed by atoms with Crippen molar-refractivity contribution in [2.24, 2.45) is 5.92 Å². The van der Waals surface area contributed by atoms with Crippen LogP contribution in [0.1, 0.15) is 53.4 Å². The number of rotatable bonds is 3. The lowest BCUT2D eigenvalue weighted by molar-refractivity contribution is -0.120. The van der Waals surface area contributed by atoms with Crippen molar-refractivity contribution in [3.05, 3.63) is 0 Å². The Kier molecular flexibility index (Phi) is 5.63. The third kappa shape index (κ3) is 6.45. The number of alkyl carbamates (subject to hydrolysis) is 1. The van der Waals surface area contributed by atoms with Crippen molar-refractivity contribution < 1.29 is 14.3 Å². The summed E-state index contributed by atoms with van der Waals surface area (Å²) >= 11 is 0. The maximum Gasteiger partial charge on any atom is 0.407 e. The Hall–Kier alpha value is -1.26. The summed E-state index contributed by atoms with van der Waals surface area (Å²) in [5.41, 5.74) is -0.478. The van der Waals surface area contributed by atoms with E-state index in [4.69, 9.17) is 4.74 Å². The fourth-order valence-electron chi connectivity index (χ4n) is 2.43. The molecule has 19 heavy (non-hydrogen) atoms. The molecule has 0 heterocycles. The first-order valence-corrected chi connectivity index (χ1v) is 7.02. The maximum atomic E-state index is 11.6. The molecule has 0 spiro atoms. The molecule has 0 aliphatic heterocycles. The van der Waals surface area contributed by atoms with Crippen LogP contribution < -0.4 is 10.6 Å². The smallest absolute Gasteiger partial charge is 0.407 e. The Morgan fingerprint density at radius 1 is 1.21 bits per heavy atom. The minimum absolute atomic E-state index is 0.00540. The van der Waals surface area contributed by atoms with Crippen LogP contribution in [-0.2, 0) is 9.53 Å². The normalized spacial score (nSPS) is 23.6. The molecule has 0 radical (unpaired) electrons. The molecule has 0 saturated heterocycles. The highest BCUT2D eigenvalue weighted by molar-refractivity contribution is 5.73. The van der Waals surface area contributed by atoms with Gasteiger partial charge in [0.15, 0.2) is 0 Å². The number of nitrogens with one attached hydrogen (secondary N) is 2. The second kappa shape index (κ2) is 6.78. The second-order valence-corrected chi connectivity index (χ2v) is 6.23. The number of amides is 2. The van der Waals surface area contributed by atoms with E-state index < -0.39 is 5.60 Å². The molecule has 0 aromatic carbocycles. The van der Waals surface area contributed by atoms with Crippen molar-refractivity contribution in [3.8, 4) is 0 Å². The summed E-state index contributed by atoms with van der Waals surface area (Å²) in [6.45, 7) is 7.61. The van der Waals surface area contributed by atoms with E-state index in [1.54, 1.807) is 0 Å². The number of hydrogen-bond donors (Lipinski definition) is 2. The summed E-state index contributed by atoms with van der Waals surface area (Å²) in [5.74, 6) is 0.291. The molecule has 0 aromatic heterocycles. The van der Waals surface area contributed by atoms with Crippen molar-refractivity contribution in [1.82, 2.24) is 10.6 Å². The SMILES string of the molecule is CC(=O)N[C@H]1CCCC[C@H]1CNC(=O)OC(C)(C)C. The molecule has 1 saturated carbocycles. The molecule has 1 fully saturated rings. The van der Waals surface area contributed by atoms with E-state index >= 15 is 0 Å². The Morgan fingerprint density at radius 2 is 1.84 bits per heavy atom. The summed E-state index contributed by atoms with van der Waals surface area (Å²) in [5, 5.41) is 5.77. The first kappa shape index (κ1) is 15.8. The largest absolute Gasteiger partial charge is 0.444 e. The zero-order valence-electron chi connectivity index (χ0n) is 12.4. The lowest BCUT2D eigenvalue weighted by Crippen LogP contribution is -2.46. The summed E-state index contributed by atoms with van der Waals surface area (Å²) in [6, 6.07) is 0.168. The Bertz CT molecular complexity index is 323. The predicted molar refractivity (Wildman–Crippen MR) is 73.8 cm³/mol. The van der Waals surface area contributed by atoms with Gasteiger partial charge in [0.1, 0.15) is 5.60 Å². The van der Waals surface area contributed by atoms with Gasteiger partial charge in [-0.3, -0.25) is 4.79 Å². The van der Waals surface area contributed by atoms with Crippen molar-refractivity contribution in [2.45, 2.75) is 65.0 Å². The lowest BCUT2D eigenvalue weighted by atomic mass is 9.84. The minimum Gasteiger partial charge on any atom is -0.444 e. The highest BCUT2D eigenvalue weighted by Gasteiger charge is 2.26. The number of ether oxygens (including phenoxy) is 1. The third-order valence-electron chi connectivity index (χ3n) is 3.21. The Labute approximate surface area is 115 Å². The van der Waals surface area contributed by atoms with Gasteiger partial charge in [-0.15, -0.1) is 0 Å². The first-order valence-electron chi connectivity index (χ1n) is 7.02. The van der Waals surface area contributed by atoms with E-state index in [1.165, 1.54) is 6.92 Å². The molecule has 1 aliphatic rings. The third-order valence-corrected chi connectivity index (χ3v) is 3.21. The van der Waals surface area contributed by atoms with Crippen LogP contribution in [-0.4, -0.2) is 30.2 Å². The fourth-order valence-corrected chi connectivity index (χ4v) is 2.43. The van der Waals surface area contributed by atoms with Crippen LogP contribution >= 0.6 is 0 Å². The molecule has 5 heteroatoms. The van der Waals surface area contributed by atoms with Gasteiger partial charge >= 0.3 is 6.09 Å². The fraction of sp³-hybridized carbons (Fsp3) is 0.857. The standard InChI is InChI=1S/C14H26N2O3/c1-10(17)16-12-8-6-5-7-11(12)9-15-13(18)19-14(2,3)4/h11-12H,5-9H2,1-4H3,(H,15,18)(H,16,17)/t11-,12-/m0/s1. The van der Waals surface area contributed by atoms with Gasteiger partial charge in [0, 0.05) is 19.5 Å². The van der Waals surface area contributed by atoms with Crippen molar-refractivity contribution in [2.75, 3.05) is 6.54 Å². The van der Waals surface area contributed by atoms with E-state index in [-0.39, 0.29) is 18.0 Å². The molecule has 2 atom stereocenters. The average Bonchev–Trinajstić information content (AvgIpc) is 2.24. The van der Waals surface area contributed by atoms with Gasteiger partial charge < -0.3 is 15.4 Å². The topological polar surface area (TPSA) is 67.4 Å². The molecule has 2 amide bonds. The van der Waals surface area contributed by atoms with Gasteiger partial charge in [-0.1, -0.05) is 12.8 Å². The van der Waals surface area contributed by atoms with Crippen molar-refractivity contribution in [3.63, 3.8) is 0 Å². The summed E-state index contributed by atoms with van der Waals surface area (Å²) < 4.78 is 5.21. The van der Waals surface area contributed by atoms with Gasteiger partial charge in [0.2, 0.25) is 5.91 Å². The molecular weight excluding hydrogens is 244 g/mol. The zero-order valence-corrected chi connectivity index (χ0v) is 12.4. The van der Waals surface area contributed by atoms with Crippen molar-refractivity contribution >= 4 is 12.0 Å². The van der Waals surface area contributed by atoms with E-state index in [9.17, 15) is 9.59 Å². The molecule has 1 aliphatic carbocycles. The molecule has 0 bridgehead atoms. The molecule has 5 nitrogen and oxygen atoms in total. The van der Waals surface area contributed by atoms with Crippen LogP contribution in [0.5, 0.6) is 0 Å². The molecular formula is C14H26N2O3. The van der Waals surface area contributed by atoms with Gasteiger partial charge in [0.25, 0.3) is 0 Å². The second-order valence-electron chi connectivity index (χ2n) is 6.23. The van der Waals surface area contributed by atoms with E-state index in [0.29, 0.717) is 12.5 Å². The van der Waals surface area contributed by atoms with E-state index in [2.05, 4.69) is 10.6 Å². The quantitative estimate of drug-likeness (QED) is 0.826.